The molecule has 1 aromatic heterocycles. The van der Waals surface area contributed by atoms with Crippen molar-refractivity contribution in [1.29, 1.82) is 5.26 Å². The summed E-state index contributed by atoms with van der Waals surface area (Å²) in [5.74, 6) is 0. The smallest absolute Gasteiger partial charge is 0.383 e. The van der Waals surface area contributed by atoms with Gasteiger partial charge in [0.05, 0.1) is 11.3 Å². The highest BCUT2D eigenvalue weighted by molar-refractivity contribution is 5.55. The standard InChI is InChI=1S/C9H8F3N3/c1-2-14-7-3-6(9(10,11)12)5-15-8(7)4-13/h3,5,14H,2H2,1H3. The zero-order chi connectivity index (χ0) is 11.5. The van der Waals surface area contributed by atoms with E-state index in [9.17, 15) is 13.2 Å². The van der Waals surface area contributed by atoms with Gasteiger partial charge in [0.15, 0.2) is 5.69 Å². The molecule has 0 aliphatic heterocycles. The first-order chi connectivity index (χ1) is 6.99. The van der Waals surface area contributed by atoms with Crippen LogP contribution in [0.1, 0.15) is 18.2 Å². The van der Waals surface area contributed by atoms with Crippen molar-refractivity contribution in [2.45, 2.75) is 13.1 Å². The quantitative estimate of drug-likeness (QED) is 0.824. The Kier molecular flexibility index (Phi) is 3.14. The molecule has 0 aliphatic rings. The molecule has 0 unspecified atom stereocenters. The van der Waals surface area contributed by atoms with Crippen molar-refractivity contribution >= 4 is 5.69 Å². The second kappa shape index (κ2) is 4.17. The first-order valence-corrected chi connectivity index (χ1v) is 4.20. The molecule has 0 spiro atoms. The molecule has 0 radical (unpaired) electrons. The van der Waals surface area contributed by atoms with Crippen molar-refractivity contribution in [3.05, 3.63) is 23.5 Å². The molecular weight excluding hydrogens is 207 g/mol. The van der Waals surface area contributed by atoms with Crippen LogP contribution in [0.2, 0.25) is 0 Å². The van der Waals surface area contributed by atoms with Gasteiger partial charge in [-0.05, 0) is 13.0 Å². The van der Waals surface area contributed by atoms with E-state index in [1.54, 1.807) is 13.0 Å². The molecule has 0 aliphatic carbocycles. The number of nitrogens with one attached hydrogen (secondary N) is 1. The zero-order valence-corrected chi connectivity index (χ0v) is 7.89. The Morgan fingerprint density at radius 1 is 1.53 bits per heavy atom. The number of hydrogen-bond acceptors (Lipinski definition) is 3. The number of alkyl halides is 3. The molecule has 1 aromatic rings. The van der Waals surface area contributed by atoms with Crippen LogP contribution in [0.15, 0.2) is 12.3 Å². The number of rotatable bonds is 2. The summed E-state index contributed by atoms with van der Waals surface area (Å²) < 4.78 is 36.9. The van der Waals surface area contributed by atoms with Gasteiger partial charge in [0.1, 0.15) is 6.07 Å². The number of anilines is 1. The average molecular weight is 215 g/mol. The minimum Gasteiger partial charge on any atom is -0.383 e. The molecule has 0 amide bonds. The van der Waals surface area contributed by atoms with Crippen molar-refractivity contribution < 1.29 is 13.2 Å². The van der Waals surface area contributed by atoms with Crippen LogP contribution in [0.5, 0.6) is 0 Å². The maximum atomic E-state index is 12.3. The molecule has 0 bridgehead atoms. The first-order valence-electron chi connectivity index (χ1n) is 4.20. The van der Waals surface area contributed by atoms with Crippen LogP contribution in [-0.2, 0) is 6.18 Å². The Morgan fingerprint density at radius 2 is 2.20 bits per heavy atom. The topological polar surface area (TPSA) is 48.7 Å². The van der Waals surface area contributed by atoms with Gasteiger partial charge in [0.2, 0.25) is 0 Å². The highest BCUT2D eigenvalue weighted by Gasteiger charge is 2.31. The predicted molar refractivity (Wildman–Crippen MR) is 48.1 cm³/mol. The van der Waals surface area contributed by atoms with Gasteiger partial charge in [-0.15, -0.1) is 0 Å². The van der Waals surface area contributed by atoms with Crippen molar-refractivity contribution in [2.75, 3.05) is 11.9 Å². The van der Waals surface area contributed by atoms with E-state index in [0.29, 0.717) is 12.7 Å². The number of aromatic nitrogens is 1. The predicted octanol–water partition coefficient (Wildman–Crippen LogP) is 2.40. The first kappa shape index (κ1) is 11.3. The summed E-state index contributed by atoms with van der Waals surface area (Å²) in [6, 6.07) is 2.60. The average Bonchev–Trinajstić information content (AvgIpc) is 2.17. The lowest BCUT2D eigenvalue weighted by Crippen LogP contribution is -2.09. The van der Waals surface area contributed by atoms with Crippen LogP contribution >= 0.6 is 0 Å². The van der Waals surface area contributed by atoms with Crippen molar-refractivity contribution in [2.24, 2.45) is 0 Å². The van der Waals surface area contributed by atoms with Gasteiger partial charge in [-0.25, -0.2) is 4.98 Å². The lowest BCUT2D eigenvalue weighted by atomic mass is 10.2. The van der Waals surface area contributed by atoms with Crippen LogP contribution in [0, 0.1) is 11.3 Å². The molecule has 1 N–H and O–H groups in total. The van der Waals surface area contributed by atoms with E-state index in [1.165, 1.54) is 0 Å². The number of halogens is 3. The number of nitrogens with zero attached hydrogens (tertiary/aromatic N) is 2. The second-order valence-corrected chi connectivity index (χ2v) is 2.76. The molecular formula is C9H8F3N3. The molecule has 1 rings (SSSR count). The molecule has 3 nitrogen and oxygen atoms in total. The molecule has 0 aromatic carbocycles. The van der Waals surface area contributed by atoms with Crippen LogP contribution in [0.25, 0.3) is 0 Å². The van der Waals surface area contributed by atoms with Gasteiger partial charge in [-0.2, -0.15) is 18.4 Å². The Labute approximate surface area is 84.5 Å². The van der Waals surface area contributed by atoms with Crippen molar-refractivity contribution in [3.8, 4) is 6.07 Å². The third kappa shape index (κ3) is 2.59. The number of nitriles is 1. The van der Waals surface area contributed by atoms with Gasteiger partial charge in [0, 0.05) is 12.7 Å². The van der Waals surface area contributed by atoms with Gasteiger partial charge in [0.25, 0.3) is 0 Å². The summed E-state index contributed by atoms with van der Waals surface area (Å²) in [5.41, 5.74) is -0.794. The molecule has 1 heterocycles. The molecule has 0 atom stereocenters. The van der Waals surface area contributed by atoms with E-state index >= 15 is 0 Å². The van der Waals surface area contributed by atoms with Gasteiger partial charge in [-0.1, -0.05) is 0 Å². The highest BCUT2D eigenvalue weighted by Crippen LogP contribution is 2.30. The van der Waals surface area contributed by atoms with Crippen LogP contribution in [0.3, 0.4) is 0 Å². The summed E-state index contributed by atoms with van der Waals surface area (Å²) in [4.78, 5) is 3.44. The maximum Gasteiger partial charge on any atom is 0.417 e. The number of pyridine rings is 1. The fourth-order valence-electron chi connectivity index (χ4n) is 1.03. The summed E-state index contributed by atoms with van der Waals surface area (Å²) in [6.45, 7) is 2.15. The van der Waals surface area contributed by atoms with Crippen molar-refractivity contribution in [3.63, 3.8) is 0 Å². The summed E-state index contributed by atoms with van der Waals surface area (Å²) in [7, 11) is 0. The largest absolute Gasteiger partial charge is 0.417 e. The molecule has 0 saturated carbocycles. The van der Waals surface area contributed by atoms with E-state index in [-0.39, 0.29) is 11.4 Å². The minimum absolute atomic E-state index is 0.0372. The van der Waals surface area contributed by atoms with E-state index in [4.69, 9.17) is 5.26 Å². The van der Waals surface area contributed by atoms with E-state index in [2.05, 4.69) is 10.3 Å². The Balaban J connectivity index is 3.17. The summed E-state index contributed by atoms with van der Waals surface area (Å²) in [5, 5.41) is 11.3. The highest BCUT2D eigenvalue weighted by atomic mass is 19.4. The normalized spacial score (nSPS) is 10.9. The van der Waals surface area contributed by atoms with Gasteiger partial charge >= 0.3 is 6.18 Å². The molecule has 80 valence electrons. The number of hydrogen-bond donors (Lipinski definition) is 1. The van der Waals surface area contributed by atoms with E-state index in [1.807, 2.05) is 0 Å². The summed E-state index contributed by atoms with van der Waals surface area (Å²) >= 11 is 0. The molecule has 0 saturated heterocycles. The minimum atomic E-state index is -4.44. The fourth-order valence-corrected chi connectivity index (χ4v) is 1.03. The zero-order valence-electron chi connectivity index (χ0n) is 7.89. The Bertz CT molecular complexity index is 393. The van der Waals surface area contributed by atoms with Crippen LogP contribution < -0.4 is 5.32 Å². The van der Waals surface area contributed by atoms with E-state index < -0.39 is 11.7 Å². The lowest BCUT2D eigenvalue weighted by molar-refractivity contribution is -0.137. The Morgan fingerprint density at radius 3 is 2.67 bits per heavy atom. The monoisotopic (exact) mass is 215 g/mol. The fraction of sp³-hybridized carbons (Fsp3) is 0.333. The second-order valence-electron chi connectivity index (χ2n) is 2.76. The third-order valence-corrected chi connectivity index (χ3v) is 1.69. The molecule has 15 heavy (non-hydrogen) atoms. The third-order valence-electron chi connectivity index (χ3n) is 1.69. The maximum absolute atomic E-state index is 12.3. The molecule has 6 heteroatoms. The SMILES string of the molecule is CCNc1cc(C(F)(F)F)cnc1C#N. The van der Waals surface area contributed by atoms with E-state index in [0.717, 1.165) is 6.07 Å². The van der Waals surface area contributed by atoms with Crippen molar-refractivity contribution in [1.82, 2.24) is 4.98 Å². The summed E-state index contributed by atoms with van der Waals surface area (Å²) in [6.07, 6.45) is -3.79. The van der Waals surface area contributed by atoms with Crippen LogP contribution in [-0.4, -0.2) is 11.5 Å². The Hall–Kier alpha value is -1.77. The lowest BCUT2D eigenvalue weighted by Gasteiger charge is -2.09. The van der Waals surface area contributed by atoms with Gasteiger partial charge < -0.3 is 5.32 Å². The van der Waals surface area contributed by atoms with Gasteiger partial charge in [-0.3, -0.25) is 0 Å². The van der Waals surface area contributed by atoms with Crippen LogP contribution in [0.4, 0.5) is 18.9 Å². The molecule has 0 fully saturated rings.